The Morgan fingerprint density at radius 3 is 2.05 bits per heavy atom. The van der Waals surface area contributed by atoms with E-state index < -0.39 is 7.12 Å². The summed E-state index contributed by atoms with van der Waals surface area (Å²) in [7, 11) is -0.401. The fourth-order valence-corrected chi connectivity index (χ4v) is 2.29. The Kier molecular flexibility index (Phi) is 3.42. The van der Waals surface area contributed by atoms with E-state index in [1.165, 1.54) is 0 Å². The van der Waals surface area contributed by atoms with Crippen LogP contribution < -0.4 is 11.2 Å². The SMILES string of the molecule is CC(C)(C)c1cc(N)ncc1B1OC(C)(C)C(C)(C)O1. The zero-order chi connectivity index (χ0) is 15.3. The minimum atomic E-state index is -0.401. The lowest BCUT2D eigenvalue weighted by Crippen LogP contribution is -2.41. The second kappa shape index (κ2) is 4.47. The van der Waals surface area contributed by atoms with Crippen LogP contribution in [0.5, 0.6) is 0 Å². The fraction of sp³-hybridized carbons (Fsp3) is 0.667. The molecule has 0 bridgehead atoms. The highest BCUT2D eigenvalue weighted by Gasteiger charge is 2.52. The molecule has 2 rings (SSSR count). The summed E-state index contributed by atoms with van der Waals surface area (Å²) in [6, 6.07) is 1.92. The number of rotatable bonds is 1. The molecule has 0 aromatic carbocycles. The third-order valence-corrected chi connectivity index (χ3v) is 4.27. The van der Waals surface area contributed by atoms with Crippen molar-refractivity contribution in [1.82, 2.24) is 4.98 Å². The molecule has 0 radical (unpaired) electrons. The number of nitrogens with zero attached hydrogens (tertiary/aromatic N) is 1. The summed E-state index contributed by atoms with van der Waals surface area (Å²) in [5, 5.41) is 0. The van der Waals surface area contributed by atoms with Gasteiger partial charge in [-0.3, -0.25) is 0 Å². The van der Waals surface area contributed by atoms with Gasteiger partial charge in [-0.1, -0.05) is 20.8 Å². The van der Waals surface area contributed by atoms with Gasteiger partial charge in [0.2, 0.25) is 0 Å². The average molecular weight is 276 g/mol. The van der Waals surface area contributed by atoms with E-state index in [9.17, 15) is 0 Å². The smallest absolute Gasteiger partial charge is 0.399 e. The van der Waals surface area contributed by atoms with E-state index in [1.807, 2.05) is 6.07 Å². The van der Waals surface area contributed by atoms with Gasteiger partial charge in [0.1, 0.15) is 5.82 Å². The highest BCUT2D eigenvalue weighted by Crippen LogP contribution is 2.37. The van der Waals surface area contributed by atoms with Crippen LogP contribution in [0, 0.1) is 0 Å². The zero-order valence-electron chi connectivity index (χ0n) is 13.6. The van der Waals surface area contributed by atoms with Crippen molar-refractivity contribution >= 4 is 18.4 Å². The lowest BCUT2D eigenvalue weighted by atomic mass is 9.70. The van der Waals surface area contributed by atoms with Crippen LogP contribution >= 0.6 is 0 Å². The van der Waals surface area contributed by atoms with Crippen LogP contribution in [0.25, 0.3) is 0 Å². The summed E-state index contributed by atoms with van der Waals surface area (Å²) in [5.41, 5.74) is 7.16. The lowest BCUT2D eigenvalue weighted by molar-refractivity contribution is 0.00578. The first-order valence-corrected chi connectivity index (χ1v) is 7.05. The molecule has 0 aliphatic carbocycles. The monoisotopic (exact) mass is 276 g/mol. The minimum absolute atomic E-state index is 0.0456. The fourth-order valence-electron chi connectivity index (χ4n) is 2.29. The zero-order valence-corrected chi connectivity index (χ0v) is 13.6. The van der Waals surface area contributed by atoms with Crippen molar-refractivity contribution in [1.29, 1.82) is 0 Å². The van der Waals surface area contributed by atoms with Crippen LogP contribution in [0.4, 0.5) is 5.82 Å². The highest BCUT2D eigenvalue weighted by atomic mass is 16.7. The Balaban J connectivity index is 2.46. The number of nitrogens with two attached hydrogens (primary N) is 1. The van der Waals surface area contributed by atoms with Gasteiger partial charge in [-0.2, -0.15) is 0 Å². The van der Waals surface area contributed by atoms with Crippen molar-refractivity contribution < 1.29 is 9.31 Å². The summed E-state index contributed by atoms with van der Waals surface area (Å²) in [6.07, 6.45) is 1.78. The first-order chi connectivity index (χ1) is 8.94. The largest absolute Gasteiger partial charge is 0.496 e. The summed E-state index contributed by atoms with van der Waals surface area (Å²) in [5.74, 6) is 0.523. The molecule has 1 aliphatic rings. The molecule has 110 valence electrons. The number of hydrogen-bond acceptors (Lipinski definition) is 4. The summed E-state index contributed by atoms with van der Waals surface area (Å²) < 4.78 is 12.2. The molecular formula is C15H25BN2O2. The Morgan fingerprint density at radius 2 is 1.60 bits per heavy atom. The lowest BCUT2D eigenvalue weighted by Gasteiger charge is -2.32. The molecule has 1 saturated heterocycles. The molecule has 20 heavy (non-hydrogen) atoms. The molecule has 5 heteroatoms. The molecule has 1 aromatic rings. The maximum Gasteiger partial charge on any atom is 0.496 e. The summed E-state index contributed by atoms with van der Waals surface area (Å²) in [6.45, 7) is 14.6. The standard InChI is InChI=1S/C15H25BN2O2/c1-13(2,3)10-8-12(17)18-9-11(10)16-19-14(4,5)15(6,7)20-16/h8-9H,1-7H3,(H2,17,18). The van der Waals surface area contributed by atoms with Crippen molar-refractivity contribution in [3.8, 4) is 0 Å². The first kappa shape index (κ1) is 15.3. The Hall–Kier alpha value is -1.07. The number of anilines is 1. The van der Waals surface area contributed by atoms with E-state index in [4.69, 9.17) is 15.0 Å². The first-order valence-electron chi connectivity index (χ1n) is 7.05. The molecule has 2 heterocycles. The normalized spacial score (nSPS) is 21.2. The molecule has 1 aliphatic heterocycles. The van der Waals surface area contributed by atoms with Gasteiger partial charge in [0.05, 0.1) is 11.2 Å². The summed E-state index contributed by atoms with van der Waals surface area (Å²) in [4.78, 5) is 4.21. The maximum atomic E-state index is 6.12. The van der Waals surface area contributed by atoms with Crippen LogP contribution in [-0.2, 0) is 14.7 Å². The second-order valence-corrected chi connectivity index (χ2v) is 7.53. The molecule has 0 unspecified atom stereocenters. The van der Waals surface area contributed by atoms with Crippen molar-refractivity contribution in [2.75, 3.05) is 5.73 Å². The van der Waals surface area contributed by atoms with Gasteiger partial charge in [0.25, 0.3) is 0 Å². The quantitative estimate of drug-likeness (QED) is 0.799. The van der Waals surface area contributed by atoms with E-state index >= 15 is 0 Å². The van der Waals surface area contributed by atoms with Gasteiger partial charge >= 0.3 is 7.12 Å². The van der Waals surface area contributed by atoms with E-state index in [1.54, 1.807) is 6.20 Å². The summed E-state index contributed by atoms with van der Waals surface area (Å²) >= 11 is 0. The van der Waals surface area contributed by atoms with Gasteiger partial charge in [0.15, 0.2) is 0 Å². The predicted molar refractivity (Wildman–Crippen MR) is 83.1 cm³/mol. The van der Waals surface area contributed by atoms with Crippen molar-refractivity contribution in [2.24, 2.45) is 0 Å². The van der Waals surface area contributed by atoms with Gasteiger partial charge in [0, 0.05) is 11.7 Å². The van der Waals surface area contributed by atoms with E-state index in [-0.39, 0.29) is 16.6 Å². The van der Waals surface area contributed by atoms with Crippen LogP contribution in [0.3, 0.4) is 0 Å². The van der Waals surface area contributed by atoms with Gasteiger partial charge in [-0.25, -0.2) is 4.98 Å². The van der Waals surface area contributed by atoms with Gasteiger partial charge in [-0.05, 0) is 44.7 Å². The van der Waals surface area contributed by atoms with Crippen LogP contribution in [0.15, 0.2) is 12.3 Å². The molecule has 0 atom stereocenters. The minimum Gasteiger partial charge on any atom is -0.399 e. The third kappa shape index (κ3) is 2.57. The number of aromatic nitrogens is 1. The molecule has 1 fully saturated rings. The van der Waals surface area contributed by atoms with E-state index in [0.29, 0.717) is 5.82 Å². The number of hydrogen-bond donors (Lipinski definition) is 1. The highest BCUT2D eigenvalue weighted by molar-refractivity contribution is 6.62. The van der Waals surface area contributed by atoms with E-state index in [2.05, 4.69) is 53.5 Å². The molecule has 2 N–H and O–H groups in total. The van der Waals surface area contributed by atoms with Crippen molar-refractivity contribution in [3.63, 3.8) is 0 Å². The topological polar surface area (TPSA) is 57.4 Å². The Morgan fingerprint density at radius 1 is 1.10 bits per heavy atom. The van der Waals surface area contributed by atoms with E-state index in [0.717, 1.165) is 11.0 Å². The van der Waals surface area contributed by atoms with Crippen molar-refractivity contribution in [2.45, 2.75) is 65.1 Å². The molecular weight excluding hydrogens is 251 g/mol. The number of pyridine rings is 1. The predicted octanol–water partition coefficient (Wildman–Crippen LogP) is 2.26. The second-order valence-electron chi connectivity index (χ2n) is 7.53. The molecule has 0 spiro atoms. The van der Waals surface area contributed by atoms with Crippen LogP contribution in [0.1, 0.15) is 54.0 Å². The Bertz CT molecular complexity index is 505. The Labute approximate surface area is 122 Å². The molecule has 0 saturated carbocycles. The average Bonchev–Trinajstić information content (AvgIpc) is 2.46. The van der Waals surface area contributed by atoms with Gasteiger partial charge < -0.3 is 15.0 Å². The van der Waals surface area contributed by atoms with Crippen LogP contribution in [-0.4, -0.2) is 23.3 Å². The van der Waals surface area contributed by atoms with Crippen LogP contribution in [0.2, 0.25) is 0 Å². The van der Waals surface area contributed by atoms with Gasteiger partial charge in [-0.15, -0.1) is 0 Å². The maximum absolute atomic E-state index is 6.12. The number of nitrogen functional groups attached to an aromatic ring is 1. The molecule has 0 amide bonds. The third-order valence-electron chi connectivity index (χ3n) is 4.27. The molecule has 4 nitrogen and oxygen atoms in total. The van der Waals surface area contributed by atoms with Crippen molar-refractivity contribution in [3.05, 3.63) is 17.8 Å². The molecule has 1 aromatic heterocycles.